The molecule has 0 radical (unpaired) electrons. The average molecular weight is 289 g/mol. The van der Waals surface area contributed by atoms with Gasteiger partial charge in [0.1, 0.15) is 6.04 Å². The van der Waals surface area contributed by atoms with Crippen molar-refractivity contribution in [3.8, 4) is 0 Å². The van der Waals surface area contributed by atoms with E-state index in [1.807, 2.05) is 20.4 Å². The highest BCUT2D eigenvalue weighted by molar-refractivity contribution is 7.98. The van der Waals surface area contributed by atoms with Gasteiger partial charge in [-0.25, -0.2) is 9.59 Å². The number of carbonyl (C=O) groups excluding carboxylic acids is 1. The summed E-state index contributed by atoms with van der Waals surface area (Å²) in [5, 5.41) is 11.7. The monoisotopic (exact) mass is 289 g/mol. The van der Waals surface area contributed by atoms with Crippen molar-refractivity contribution in [1.82, 2.24) is 15.1 Å². The van der Waals surface area contributed by atoms with Crippen LogP contribution >= 0.6 is 11.8 Å². The zero-order valence-electron chi connectivity index (χ0n) is 11.8. The van der Waals surface area contributed by atoms with Crippen molar-refractivity contribution in [3.05, 3.63) is 0 Å². The highest BCUT2D eigenvalue weighted by atomic mass is 32.2. The smallest absolute Gasteiger partial charge is 0.326 e. The van der Waals surface area contributed by atoms with Crippen molar-refractivity contribution >= 4 is 23.8 Å². The van der Waals surface area contributed by atoms with Crippen LogP contribution in [0.4, 0.5) is 4.79 Å². The van der Waals surface area contributed by atoms with Crippen LogP contribution in [0.3, 0.4) is 0 Å². The molecule has 0 aliphatic carbocycles. The highest BCUT2D eigenvalue weighted by Crippen LogP contribution is 2.13. The molecule has 1 heterocycles. The second-order valence-electron chi connectivity index (χ2n) is 4.97. The quantitative estimate of drug-likeness (QED) is 0.746. The van der Waals surface area contributed by atoms with Crippen molar-refractivity contribution in [2.75, 3.05) is 39.2 Å². The number of likely N-dealkylation sites (N-methyl/N-ethyl adjacent to an activating group) is 1. The van der Waals surface area contributed by atoms with Crippen LogP contribution in [0.1, 0.15) is 12.8 Å². The van der Waals surface area contributed by atoms with Gasteiger partial charge in [-0.15, -0.1) is 0 Å². The zero-order valence-corrected chi connectivity index (χ0v) is 12.6. The molecular weight excluding hydrogens is 266 g/mol. The summed E-state index contributed by atoms with van der Waals surface area (Å²) in [5.41, 5.74) is 0. The number of rotatable bonds is 6. The number of hydrogen-bond acceptors (Lipinski definition) is 4. The summed E-state index contributed by atoms with van der Waals surface area (Å²) in [6, 6.07) is -0.698. The van der Waals surface area contributed by atoms with E-state index in [0.29, 0.717) is 25.6 Å². The number of urea groups is 1. The highest BCUT2D eigenvalue weighted by Gasteiger charge is 2.29. The molecule has 0 saturated carbocycles. The molecule has 1 saturated heterocycles. The van der Waals surface area contributed by atoms with E-state index >= 15 is 0 Å². The van der Waals surface area contributed by atoms with Crippen molar-refractivity contribution in [3.63, 3.8) is 0 Å². The number of nitrogens with one attached hydrogen (secondary N) is 1. The molecule has 0 aromatic rings. The van der Waals surface area contributed by atoms with E-state index in [4.69, 9.17) is 5.11 Å². The fourth-order valence-electron chi connectivity index (χ4n) is 2.08. The second-order valence-corrected chi connectivity index (χ2v) is 5.96. The molecule has 0 spiro atoms. The Morgan fingerprint density at radius 1 is 1.53 bits per heavy atom. The van der Waals surface area contributed by atoms with Gasteiger partial charge in [0.2, 0.25) is 0 Å². The number of nitrogens with zero attached hydrogens (tertiary/aromatic N) is 2. The summed E-state index contributed by atoms with van der Waals surface area (Å²) in [6.07, 6.45) is 3.30. The molecule has 1 aliphatic rings. The van der Waals surface area contributed by atoms with E-state index in [2.05, 4.69) is 10.2 Å². The molecule has 1 fully saturated rings. The van der Waals surface area contributed by atoms with Gasteiger partial charge in [0.05, 0.1) is 0 Å². The normalized spacial score (nSPS) is 20.6. The van der Waals surface area contributed by atoms with Gasteiger partial charge in [-0.2, -0.15) is 11.8 Å². The molecule has 0 aromatic carbocycles. The van der Waals surface area contributed by atoms with Crippen LogP contribution in [-0.4, -0.2) is 78.2 Å². The lowest BCUT2D eigenvalue weighted by atomic mass is 10.2. The van der Waals surface area contributed by atoms with Crippen molar-refractivity contribution < 1.29 is 14.7 Å². The molecule has 1 aliphatic heterocycles. The first-order valence-electron chi connectivity index (χ1n) is 6.39. The molecule has 1 unspecified atom stereocenters. The number of hydrogen-bond donors (Lipinski definition) is 2. The van der Waals surface area contributed by atoms with E-state index in [-0.39, 0.29) is 6.03 Å². The lowest BCUT2D eigenvalue weighted by Crippen LogP contribution is -2.48. The standard InChI is InChI=1S/C12H23N3O3S/c1-14(2)9-4-6-15(8-9)12(18)13-10(11(16)17)5-7-19-3/h9-10H,4-8H2,1-3H3,(H,13,18)(H,16,17)/t9?,10-/m1/s1. The average Bonchev–Trinajstić information content (AvgIpc) is 2.83. The Kier molecular flexibility index (Phi) is 6.44. The first-order valence-corrected chi connectivity index (χ1v) is 7.78. The largest absolute Gasteiger partial charge is 0.480 e. The second kappa shape index (κ2) is 7.59. The molecule has 2 amide bonds. The third-order valence-electron chi connectivity index (χ3n) is 3.39. The lowest BCUT2D eigenvalue weighted by molar-refractivity contribution is -0.139. The molecule has 0 bridgehead atoms. The summed E-state index contributed by atoms with van der Waals surface area (Å²) in [7, 11) is 3.98. The number of carbonyl (C=O) groups is 2. The summed E-state index contributed by atoms with van der Waals surface area (Å²) < 4.78 is 0. The van der Waals surface area contributed by atoms with E-state index in [1.54, 1.807) is 16.7 Å². The first kappa shape index (κ1) is 16.1. The van der Waals surface area contributed by atoms with Crippen LogP contribution < -0.4 is 5.32 Å². The molecule has 0 aromatic heterocycles. The number of aliphatic carboxylic acids is 1. The molecule has 2 N–H and O–H groups in total. The Hall–Kier alpha value is -0.950. The van der Waals surface area contributed by atoms with Crippen LogP contribution in [0.15, 0.2) is 0 Å². The molecule has 7 heteroatoms. The van der Waals surface area contributed by atoms with Crippen LogP contribution in [0.25, 0.3) is 0 Å². The third kappa shape index (κ3) is 4.91. The maximum atomic E-state index is 12.0. The maximum absolute atomic E-state index is 12.0. The Balaban J connectivity index is 2.46. The molecule has 1 rings (SSSR count). The number of likely N-dealkylation sites (tertiary alicyclic amines) is 1. The molecule has 110 valence electrons. The maximum Gasteiger partial charge on any atom is 0.326 e. The summed E-state index contributed by atoms with van der Waals surface area (Å²) in [4.78, 5) is 26.9. The predicted octanol–water partition coefficient (Wildman–Crippen LogP) is 0.538. The summed E-state index contributed by atoms with van der Waals surface area (Å²) in [5.74, 6) is -0.247. The van der Waals surface area contributed by atoms with Crippen molar-refractivity contribution in [2.45, 2.75) is 24.9 Å². The Morgan fingerprint density at radius 3 is 2.68 bits per heavy atom. The van der Waals surface area contributed by atoms with Gasteiger partial charge in [-0.05, 0) is 38.9 Å². The van der Waals surface area contributed by atoms with Gasteiger partial charge >= 0.3 is 12.0 Å². The zero-order chi connectivity index (χ0) is 14.4. The summed E-state index contributed by atoms with van der Waals surface area (Å²) in [6.45, 7) is 1.34. The van der Waals surface area contributed by atoms with Gasteiger partial charge < -0.3 is 20.2 Å². The van der Waals surface area contributed by atoms with Gasteiger partial charge in [0, 0.05) is 19.1 Å². The Labute approximate surface area is 118 Å². The summed E-state index contributed by atoms with van der Waals surface area (Å²) >= 11 is 1.58. The fourth-order valence-corrected chi connectivity index (χ4v) is 2.55. The number of carboxylic acids is 1. The number of carboxylic acid groups (broad SMARTS) is 1. The van der Waals surface area contributed by atoms with Crippen LogP contribution in [0.2, 0.25) is 0 Å². The van der Waals surface area contributed by atoms with E-state index < -0.39 is 12.0 Å². The predicted molar refractivity (Wildman–Crippen MR) is 76.6 cm³/mol. The molecule has 6 nitrogen and oxygen atoms in total. The van der Waals surface area contributed by atoms with E-state index in [9.17, 15) is 9.59 Å². The van der Waals surface area contributed by atoms with Gasteiger partial charge in [-0.1, -0.05) is 0 Å². The number of thioether (sulfide) groups is 1. The van der Waals surface area contributed by atoms with Crippen molar-refractivity contribution in [1.29, 1.82) is 0 Å². The SMILES string of the molecule is CSCC[C@@H](NC(=O)N1CCC(N(C)C)C1)C(=O)O. The van der Waals surface area contributed by atoms with Crippen molar-refractivity contribution in [2.24, 2.45) is 0 Å². The fraction of sp³-hybridized carbons (Fsp3) is 0.833. The molecule has 19 heavy (non-hydrogen) atoms. The van der Waals surface area contributed by atoms with Crippen LogP contribution in [0, 0.1) is 0 Å². The first-order chi connectivity index (χ1) is 8.95. The van der Waals surface area contributed by atoms with Crippen LogP contribution in [-0.2, 0) is 4.79 Å². The lowest BCUT2D eigenvalue weighted by Gasteiger charge is -2.22. The Morgan fingerprint density at radius 2 is 2.21 bits per heavy atom. The van der Waals surface area contributed by atoms with E-state index in [1.165, 1.54) is 0 Å². The van der Waals surface area contributed by atoms with Crippen LogP contribution in [0.5, 0.6) is 0 Å². The van der Waals surface area contributed by atoms with Gasteiger partial charge in [0.15, 0.2) is 0 Å². The molecular formula is C12H23N3O3S. The molecule has 2 atom stereocenters. The minimum absolute atomic E-state index is 0.266. The minimum atomic E-state index is -0.967. The Bertz CT molecular complexity index is 325. The topological polar surface area (TPSA) is 72.9 Å². The van der Waals surface area contributed by atoms with Gasteiger partial charge in [0.25, 0.3) is 0 Å². The van der Waals surface area contributed by atoms with E-state index in [0.717, 1.165) is 12.2 Å². The van der Waals surface area contributed by atoms with Gasteiger partial charge in [-0.3, -0.25) is 0 Å². The number of amides is 2. The third-order valence-corrected chi connectivity index (χ3v) is 4.03. The minimum Gasteiger partial charge on any atom is -0.480 e.